The van der Waals surface area contributed by atoms with Crippen LogP contribution in [0.3, 0.4) is 0 Å². The molecule has 0 fully saturated rings. The third-order valence-corrected chi connectivity index (χ3v) is 7.74. The smallest absolute Gasteiger partial charge is 0.306 e. The second-order valence-corrected chi connectivity index (χ2v) is 11.7. The van der Waals surface area contributed by atoms with Gasteiger partial charge in [-0.15, -0.1) is 0 Å². The lowest BCUT2D eigenvalue weighted by atomic mass is 9.95. The Balaban J connectivity index is 4.18. The summed E-state index contributed by atoms with van der Waals surface area (Å²) < 4.78 is 11.3. The first kappa shape index (κ1) is 36.9. The Morgan fingerprint density at radius 1 is 0.605 bits per heavy atom. The van der Waals surface area contributed by atoms with Crippen LogP contribution in [0.4, 0.5) is 0 Å². The summed E-state index contributed by atoms with van der Waals surface area (Å²) in [6.07, 6.45) is 24.2. The molecule has 0 spiro atoms. The minimum Gasteiger partial charge on any atom is -0.462 e. The first-order valence-corrected chi connectivity index (χ1v) is 16.4. The van der Waals surface area contributed by atoms with Crippen LogP contribution in [0, 0.1) is 5.92 Å². The number of unbranched alkanes of at least 4 members (excludes halogenated alkanes) is 13. The standard InChI is InChI=1S/C33H65NO4/c1-6-9-10-11-12-13-14-15-16-17-21-26-32(35)37-29-31(25-20-18-19-24-30(7-2)8-3)38-33(36)27-22-23-28-34(4)5/h30-31H,6-29H2,1-5H3. The molecule has 0 amide bonds. The molecule has 1 atom stereocenters. The summed E-state index contributed by atoms with van der Waals surface area (Å²) >= 11 is 0. The quantitative estimate of drug-likeness (QED) is 0.0732. The highest BCUT2D eigenvalue weighted by Gasteiger charge is 2.17. The summed E-state index contributed by atoms with van der Waals surface area (Å²) in [6.45, 7) is 7.98. The van der Waals surface area contributed by atoms with Crippen molar-refractivity contribution < 1.29 is 19.1 Å². The second kappa shape index (κ2) is 27.5. The summed E-state index contributed by atoms with van der Waals surface area (Å²) in [5.41, 5.74) is 0. The van der Waals surface area contributed by atoms with E-state index in [0.29, 0.717) is 12.8 Å². The molecule has 5 nitrogen and oxygen atoms in total. The molecule has 0 saturated heterocycles. The fourth-order valence-electron chi connectivity index (χ4n) is 4.99. The van der Waals surface area contributed by atoms with Crippen LogP contribution in [0.2, 0.25) is 0 Å². The molecule has 0 heterocycles. The fourth-order valence-corrected chi connectivity index (χ4v) is 4.99. The van der Waals surface area contributed by atoms with Crippen molar-refractivity contribution in [3.63, 3.8) is 0 Å². The second-order valence-electron chi connectivity index (χ2n) is 11.7. The van der Waals surface area contributed by atoms with Gasteiger partial charge in [-0.1, -0.05) is 117 Å². The summed E-state index contributed by atoms with van der Waals surface area (Å²) in [5.74, 6) is 0.510. The average molecular weight is 540 g/mol. The van der Waals surface area contributed by atoms with Crippen molar-refractivity contribution in [1.29, 1.82) is 0 Å². The van der Waals surface area contributed by atoms with Gasteiger partial charge < -0.3 is 14.4 Å². The molecule has 0 radical (unpaired) electrons. The largest absolute Gasteiger partial charge is 0.462 e. The number of hydrogen-bond donors (Lipinski definition) is 0. The summed E-state index contributed by atoms with van der Waals surface area (Å²) in [6, 6.07) is 0. The predicted octanol–water partition coefficient (Wildman–Crippen LogP) is 9.26. The Kier molecular flexibility index (Phi) is 26.7. The van der Waals surface area contributed by atoms with Crippen LogP contribution >= 0.6 is 0 Å². The van der Waals surface area contributed by atoms with Crippen molar-refractivity contribution in [2.24, 2.45) is 5.92 Å². The number of nitrogens with zero attached hydrogens (tertiary/aromatic N) is 1. The lowest BCUT2D eigenvalue weighted by Gasteiger charge is -2.19. The van der Waals surface area contributed by atoms with Gasteiger partial charge in [-0.25, -0.2) is 0 Å². The van der Waals surface area contributed by atoms with Crippen LogP contribution in [0.15, 0.2) is 0 Å². The molecule has 0 aliphatic carbocycles. The van der Waals surface area contributed by atoms with Crippen LogP contribution in [0.25, 0.3) is 0 Å². The van der Waals surface area contributed by atoms with Crippen molar-refractivity contribution in [3.05, 3.63) is 0 Å². The highest BCUT2D eigenvalue weighted by molar-refractivity contribution is 5.70. The van der Waals surface area contributed by atoms with Gasteiger partial charge in [0.1, 0.15) is 12.7 Å². The molecule has 226 valence electrons. The molecule has 5 heteroatoms. The lowest BCUT2D eigenvalue weighted by Crippen LogP contribution is -2.25. The molecule has 0 aromatic rings. The average Bonchev–Trinajstić information content (AvgIpc) is 2.90. The minimum atomic E-state index is -0.314. The number of carbonyl (C=O) groups excluding carboxylic acids is 2. The van der Waals surface area contributed by atoms with E-state index < -0.39 is 0 Å². The van der Waals surface area contributed by atoms with E-state index >= 15 is 0 Å². The highest BCUT2D eigenvalue weighted by atomic mass is 16.6. The van der Waals surface area contributed by atoms with E-state index in [9.17, 15) is 9.59 Å². The number of carbonyl (C=O) groups is 2. The van der Waals surface area contributed by atoms with Crippen molar-refractivity contribution >= 4 is 11.9 Å². The molecular weight excluding hydrogens is 474 g/mol. The van der Waals surface area contributed by atoms with Gasteiger partial charge in [-0.3, -0.25) is 9.59 Å². The maximum atomic E-state index is 12.4. The molecule has 0 rings (SSSR count). The van der Waals surface area contributed by atoms with Crippen molar-refractivity contribution in [2.45, 2.75) is 168 Å². The Morgan fingerprint density at radius 2 is 1.11 bits per heavy atom. The van der Waals surface area contributed by atoms with Gasteiger partial charge in [0.2, 0.25) is 0 Å². The Labute approximate surface area is 237 Å². The first-order chi connectivity index (χ1) is 18.4. The van der Waals surface area contributed by atoms with Crippen molar-refractivity contribution in [1.82, 2.24) is 4.90 Å². The third-order valence-electron chi connectivity index (χ3n) is 7.74. The number of rotatable bonds is 28. The Morgan fingerprint density at radius 3 is 1.68 bits per heavy atom. The van der Waals surface area contributed by atoms with Gasteiger partial charge in [0, 0.05) is 12.8 Å². The van der Waals surface area contributed by atoms with E-state index in [4.69, 9.17) is 9.47 Å². The van der Waals surface area contributed by atoms with Crippen LogP contribution in [0.5, 0.6) is 0 Å². The predicted molar refractivity (Wildman–Crippen MR) is 161 cm³/mol. The topological polar surface area (TPSA) is 55.8 Å². The molecule has 0 aromatic heterocycles. The van der Waals surface area contributed by atoms with Gasteiger partial charge in [-0.2, -0.15) is 0 Å². The number of esters is 2. The zero-order chi connectivity index (χ0) is 28.3. The van der Waals surface area contributed by atoms with Gasteiger partial charge in [-0.05, 0) is 58.7 Å². The normalized spacial score (nSPS) is 12.3. The van der Waals surface area contributed by atoms with E-state index in [1.165, 1.54) is 83.5 Å². The maximum absolute atomic E-state index is 12.4. The molecule has 1 unspecified atom stereocenters. The molecule has 0 aliphatic heterocycles. The van der Waals surface area contributed by atoms with Crippen molar-refractivity contribution in [3.8, 4) is 0 Å². The Bertz CT molecular complexity index is 533. The third kappa shape index (κ3) is 25.2. The molecular formula is C33H65NO4. The molecule has 0 aromatic carbocycles. The number of hydrogen-bond acceptors (Lipinski definition) is 5. The molecule has 0 aliphatic rings. The minimum absolute atomic E-state index is 0.151. The molecule has 0 bridgehead atoms. The van der Waals surface area contributed by atoms with E-state index in [1.54, 1.807) is 0 Å². The SMILES string of the molecule is CCCCCCCCCCCCCC(=O)OCC(CCCCCC(CC)CC)OC(=O)CCCCN(C)C. The summed E-state index contributed by atoms with van der Waals surface area (Å²) in [4.78, 5) is 26.9. The van der Waals surface area contributed by atoms with Crippen LogP contribution in [-0.2, 0) is 19.1 Å². The van der Waals surface area contributed by atoms with E-state index in [-0.39, 0.29) is 24.6 Å². The zero-order valence-corrected chi connectivity index (χ0v) is 26.2. The van der Waals surface area contributed by atoms with E-state index in [2.05, 4.69) is 25.7 Å². The zero-order valence-electron chi connectivity index (χ0n) is 26.2. The molecule has 0 N–H and O–H groups in total. The van der Waals surface area contributed by atoms with Crippen LogP contribution in [0.1, 0.15) is 162 Å². The first-order valence-electron chi connectivity index (χ1n) is 16.4. The summed E-state index contributed by atoms with van der Waals surface area (Å²) in [5, 5.41) is 0. The molecule has 0 saturated carbocycles. The monoisotopic (exact) mass is 539 g/mol. The van der Waals surface area contributed by atoms with E-state index in [0.717, 1.165) is 57.4 Å². The van der Waals surface area contributed by atoms with Gasteiger partial charge >= 0.3 is 11.9 Å². The van der Waals surface area contributed by atoms with Gasteiger partial charge in [0.25, 0.3) is 0 Å². The van der Waals surface area contributed by atoms with Crippen LogP contribution < -0.4 is 0 Å². The number of ether oxygens (including phenoxy) is 2. The van der Waals surface area contributed by atoms with E-state index in [1.807, 2.05) is 14.1 Å². The maximum Gasteiger partial charge on any atom is 0.306 e. The summed E-state index contributed by atoms with van der Waals surface area (Å²) in [7, 11) is 4.09. The van der Waals surface area contributed by atoms with Gasteiger partial charge in [0.15, 0.2) is 0 Å². The lowest BCUT2D eigenvalue weighted by molar-refractivity contribution is -0.159. The fraction of sp³-hybridized carbons (Fsp3) is 0.939. The van der Waals surface area contributed by atoms with Crippen LogP contribution in [-0.4, -0.2) is 50.2 Å². The molecule has 38 heavy (non-hydrogen) atoms. The highest BCUT2D eigenvalue weighted by Crippen LogP contribution is 2.18. The van der Waals surface area contributed by atoms with Crippen molar-refractivity contribution in [2.75, 3.05) is 27.2 Å². The Hall–Kier alpha value is -1.10. The van der Waals surface area contributed by atoms with Gasteiger partial charge in [0.05, 0.1) is 0 Å².